The van der Waals surface area contributed by atoms with Crippen LogP contribution < -0.4 is 10.1 Å². The first-order valence-corrected chi connectivity index (χ1v) is 7.69. The molecule has 3 aromatic rings. The van der Waals surface area contributed by atoms with E-state index in [0.29, 0.717) is 28.8 Å². The summed E-state index contributed by atoms with van der Waals surface area (Å²) in [6, 6.07) is 9.79. The molecule has 0 amide bonds. The fourth-order valence-electron chi connectivity index (χ4n) is 2.31. The van der Waals surface area contributed by atoms with Gasteiger partial charge in [0, 0.05) is 29.8 Å². The van der Waals surface area contributed by atoms with Crippen molar-refractivity contribution in [1.82, 2.24) is 14.8 Å². The van der Waals surface area contributed by atoms with Crippen molar-refractivity contribution in [2.24, 2.45) is 0 Å². The van der Waals surface area contributed by atoms with Crippen LogP contribution in [0.4, 0.5) is 11.4 Å². The molecule has 3 rings (SSSR count). The molecule has 1 aromatic heterocycles. The maximum atomic E-state index is 11.0. The van der Waals surface area contributed by atoms with E-state index in [-0.39, 0.29) is 5.69 Å². The Morgan fingerprint density at radius 1 is 1.32 bits per heavy atom. The lowest BCUT2D eigenvalue weighted by molar-refractivity contribution is -0.384. The Morgan fingerprint density at radius 3 is 2.84 bits per heavy atom. The smallest absolute Gasteiger partial charge is 0.292 e. The third-order valence-electron chi connectivity index (χ3n) is 3.49. The van der Waals surface area contributed by atoms with E-state index >= 15 is 0 Å². The van der Waals surface area contributed by atoms with Gasteiger partial charge in [0.25, 0.3) is 5.69 Å². The molecule has 8 nitrogen and oxygen atoms in total. The zero-order valence-corrected chi connectivity index (χ0v) is 14.0. The second-order valence-electron chi connectivity index (χ2n) is 5.13. The molecule has 0 aliphatic rings. The molecule has 2 aromatic carbocycles. The minimum absolute atomic E-state index is 0.0243. The minimum Gasteiger partial charge on any atom is -0.457 e. The fourth-order valence-corrected chi connectivity index (χ4v) is 2.47. The summed E-state index contributed by atoms with van der Waals surface area (Å²) in [5, 5.41) is 18.4. The lowest BCUT2D eigenvalue weighted by Gasteiger charge is -2.13. The van der Waals surface area contributed by atoms with E-state index in [0.717, 1.165) is 5.56 Å². The van der Waals surface area contributed by atoms with Crippen LogP contribution in [0.25, 0.3) is 0 Å². The highest BCUT2D eigenvalue weighted by atomic mass is 35.5. The molecule has 0 atom stereocenters. The van der Waals surface area contributed by atoms with Crippen molar-refractivity contribution in [3.63, 3.8) is 0 Å². The first kappa shape index (κ1) is 16.7. The first-order valence-electron chi connectivity index (χ1n) is 7.31. The molecule has 0 radical (unpaired) electrons. The third-order valence-corrected chi connectivity index (χ3v) is 3.73. The largest absolute Gasteiger partial charge is 0.457 e. The number of aromatic nitrogens is 3. The van der Waals surface area contributed by atoms with E-state index in [1.165, 1.54) is 12.4 Å². The summed E-state index contributed by atoms with van der Waals surface area (Å²) in [6.45, 7) is 0.457. The van der Waals surface area contributed by atoms with Gasteiger partial charge in [-0.2, -0.15) is 5.10 Å². The predicted octanol–water partition coefficient (Wildman–Crippen LogP) is 3.72. The van der Waals surface area contributed by atoms with E-state index in [1.54, 1.807) is 42.3 Å². The van der Waals surface area contributed by atoms with Crippen molar-refractivity contribution >= 4 is 23.0 Å². The van der Waals surface area contributed by atoms with Gasteiger partial charge in [-0.25, -0.2) is 9.67 Å². The van der Waals surface area contributed by atoms with Crippen LogP contribution in [-0.4, -0.2) is 26.7 Å². The molecule has 0 bridgehead atoms. The lowest BCUT2D eigenvalue weighted by Crippen LogP contribution is -2.02. The SMILES string of the molecule is CNc1cc(Oc2cc(Cl)ccc2Cn2cncn2)ccc1[N+](=O)[O-]. The summed E-state index contributed by atoms with van der Waals surface area (Å²) in [5.41, 5.74) is 1.19. The summed E-state index contributed by atoms with van der Waals surface area (Å²) in [5.74, 6) is 0.996. The second kappa shape index (κ2) is 7.18. The van der Waals surface area contributed by atoms with Crippen molar-refractivity contribution < 1.29 is 9.66 Å². The molecular formula is C16H14ClN5O3. The van der Waals surface area contributed by atoms with E-state index in [1.807, 2.05) is 6.07 Å². The number of ether oxygens (including phenoxy) is 1. The molecule has 0 aliphatic heterocycles. The van der Waals surface area contributed by atoms with Crippen LogP contribution in [0.5, 0.6) is 11.5 Å². The van der Waals surface area contributed by atoms with Crippen LogP contribution >= 0.6 is 11.6 Å². The number of benzene rings is 2. The van der Waals surface area contributed by atoms with Gasteiger partial charge in [0.05, 0.1) is 11.5 Å². The Bertz CT molecular complexity index is 899. The first-order chi connectivity index (χ1) is 12.1. The molecule has 0 aliphatic carbocycles. The second-order valence-corrected chi connectivity index (χ2v) is 5.57. The number of halogens is 1. The Balaban J connectivity index is 1.92. The monoisotopic (exact) mass is 359 g/mol. The van der Waals surface area contributed by atoms with E-state index < -0.39 is 4.92 Å². The fraction of sp³-hybridized carbons (Fsp3) is 0.125. The number of nitrogens with zero attached hydrogens (tertiary/aromatic N) is 4. The zero-order chi connectivity index (χ0) is 17.8. The van der Waals surface area contributed by atoms with Gasteiger partial charge in [-0.15, -0.1) is 0 Å². The van der Waals surface area contributed by atoms with Crippen molar-refractivity contribution in [2.75, 3.05) is 12.4 Å². The van der Waals surface area contributed by atoms with Crippen LogP contribution in [-0.2, 0) is 6.54 Å². The zero-order valence-electron chi connectivity index (χ0n) is 13.2. The third kappa shape index (κ3) is 3.86. The number of nitrogens with one attached hydrogen (secondary N) is 1. The predicted molar refractivity (Wildman–Crippen MR) is 93.3 cm³/mol. The molecule has 0 unspecified atom stereocenters. The number of nitro groups is 1. The van der Waals surface area contributed by atoms with Gasteiger partial charge >= 0.3 is 0 Å². The van der Waals surface area contributed by atoms with E-state index in [9.17, 15) is 10.1 Å². The summed E-state index contributed by atoms with van der Waals surface area (Å²) in [6.07, 6.45) is 3.05. The van der Waals surface area contributed by atoms with Gasteiger partial charge in [0.2, 0.25) is 0 Å². The summed E-state index contributed by atoms with van der Waals surface area (Å²) < 4.78 is 7.57. The van der Waals surface area contributed by atoms with Crippen LogP contribution in [0.2, 0.25) is 5.02 Å². The Morgan fingerprint density at radius 2 is 2.16 bits per heavy atom. The molecule has 0 spiro atoms. The molecule has 9 heteroatoms. The number of rotatable bonds is 6. The topological polar surface area (TPSA) is 95.1 Å². The highest BCUT2D eigenvalue weighted by molar-refractivity contribution is 6.30. The number of hydrogen-bond donors (Lipinski definition) is 1. The van der Waals surface area contributed by atoms with Crippen molar-refractivity contribution in [2.45, 2.75) is 6.54 Å². The van der Waals surface area contributed by atoms with Crippen LogP contribution in [0.1, 0.15) is 5.56 Å². The van der Waals surface area contributed by atoms with Crippen molar-refractivity contribution in [3.05, 3.63) is 69.8 Å². The van der Waals surface area contributed by atoms with Crippen LogP contribution in [0.3, 0.4) is 0 Å². The normalized spacial score (nSPS) is 10.5. The molecule has 1 N–H and O–H groups in total. The molecule has 0 saturated carbocycles. The summed E-state index contributed by atoms with van der Waals surface area (Å²) in [4.78, 5) is 14.5. The molecule has 1 heterocycles. The van der Waals surface area contributed by atoms with Gasteiger partial charge < -0.3 is 10.1 Å². The van der Waals surface area contributed by atoms with Gasteiger partial charge in [-0.05, 0) is 18.2 Å². The maximum absolute atomic E-state index is 11.0. The van der Waals surface area contributed by atoms with Crippen LogP contribution in [0.15, 0.2) is 49.1 Å². The molecule has 25 heavy (non-hydrogen) atoms. The van der Waals surface area contributed by atoms with Crippen molar-refractivity contribution in [3.8, 4) is 11.5 Å². The molecule has 0 saturated heterocycles. The Kier molecular flexibility index (Phi) is 4.80. The molecule has 0 fully saturated rings. The summed E-state index contributed by atoms with van der Waals surface area (Å²) >= 11 is 6.07. The average molecular weight is 360 g/mol. The highest BCUT2D eigenvalue weighted by Crippen LogP contribution is 2.33. The van der Waals surface area contributed by atoms with E-state index in [4.69, 9.17) is 16.3 Å². The quantitative estimate of drug-likeness (QED) is 0.532. The van der Waals surface area contributed by atoms with Gasteiger partial charge in [-0.3, -0.25) is 10.1 Å². The maximum Gasteiger partial charge on any atom is 0.292 e. The van der Waals surface area contributed by atoms with Gasteiger partial charge in [-0.1, -0.05) is 17.7 Å². The average Bonchev–Trinajstić information content (AvgIpc) is 3.10. The molecule has 128 valence electrons. The number of anilines is 1. The van der Waals surface area contributed by atoms with Gasteiger partial charge in [0.1, 0.15) is 29.8 Å². The Hall–Kier alpha value is -3.13. The number of hydrogen-bond acceptors (Lipinski definition) is 6. The van der Waals surface area contributed by atoms with Crippen LogP contribution in [0, 0.1) is 10.1 Å². The lowest BCUT2D eigenvalue weighted by atomic mass is 10.2. The minimum atomic E-state index is -0.453. The standard InChI is InChI=1S/C16H14ClN5O3/c1-18-14-7-13(4-5-15(14)22(23)24)25-16-6-12(17)3-2-11(16)8-21-10-19-9-20-21/h2-7,9-10,18H,8H2,1H3. The highest BCUT2D eigenvalue weighted by Gasteiger charge is 2.15. The Labute approximate surface area is 148 Å². The van der Waals surface area contributed by atoms with Crippen molar-refractivity contribution in [1.29, 1.82) is 0 Å². The van der Waals surface area contributed by atoms with E-state index in [2.05, 4.69) is 15.4 Å². The molecular weight excluding hydrogens is 346 g/mol. The summed E-state index contributed by atoms with van der Waals surface area (Å²) in [7, 11) is 1.61. The number of nitro benzene ring substituents is 1. The van der Waals surface area contributed by atoms with Gasteiger partial charge in [0.15, 0.2) is 0 Å².